The Kier molecular flexibility index (Phi) is 3.53. The Hall–Kier alpha value is -0.570. The predicted molar refractivity (Wildman–Crippen MR) is 59.5 cm³/mol. The van der Waals surface area contributed by atoms with Crippen LogP contribution in [0.3, 0.4) is 0 Å². The van der Waals surface area contributed by atoms with Gasteiger partial charge in [-0.1, -0.05) is 23.7 Å². The van der Waals surface area contributed by atoms with Crippen molar-refractivity contribution in [3.63, 3.8) is 0 Å². The second-order valence-electron chi connectivity index (χ2n) is 3.74. The number of hydrogen-bond acceptors (Lipinski definition) is 2. The number of aryl methyl sites for hydroxylation is 2. The molecule has 1 aromatic rings. The summed E-state index contributed by atoms with van der Waals surface area (Å²) >= 11 is 6.03. The maximum Gasteiger partial charge on any atom is 0.0704 e. The van der Waals surface area contributed by atoms with Crippen LogP contribution in [0.25, 0.3) is 0 Å². The maximum atomic E-state index is 9.37. The molecule has 0 aromatic heterocycles. The van der Waals surface area contributed by atoms with Crippen molar-refractivity contribution in [1.29, 1.82) is 0 Å². The average Bonchev–Trinajstić information content (AvgIpc) is 2.12. The first-order valence-corrected chi connectivity index (χ1v) is 5.01. The van der Waals surface area contributed by atoms with E-state index in [0.29, 0.717) is 0 Å². The van der Waals surface area contributed by atoms with Gasteiger partial charge in [0.05, 0.1) is 12.1 Å². The van der Waals surface area contributed by atoms with Gasteiger partial charge in [0.15, 0.2) is 0 Å². The van der Waals surface area contributed by atoms with Gasteiger partial charge in [-0.05, 0) is 37.5 Å². The molecule has 1 aromatic carbocycles. The SMILES string of the molecule is Cc1cc([C@H](N)C(C)O)cc(C)c1Cl. The molecule has 0 spiro atoms. The summed E-state index contributed by atoms with van der Waals surface area (Å²) in [6.45, 7) is 5.56. The van der Waals surface area contributed by atoms with E-state index in [1.54, 1.807) is 6.92 Å². The normalized spacial score (nSPS) is 15.3. The Morgan fingerprint density at radius 3 is 2.07 bits per heavy atom. The number of aliphatic hydroxyl groups excluding tert-OH is 1. The molecule has 0 heterocycles. The third kappa shape index (κ3) is 2.27. The minimum atomic E-state index is -0.546. The van der Waals surface area contributed by atoms with E-state index in [-0.39, 0.29) is 6.04 Å². The van der Waals surface area contributed by atoms with Crippen molar-refractivity contribution in [3.8, 4) is 0 Å². The van der Waals surface area contributed by atoms with E-state index >= 15 is 0 Å². The Morgan fingerprint density at radius 1 is 1.29 bits per heavy atom. The summed E-state index contributed by atoms with van der Waals surface area (Å²) in [6, 6.07) is 3.50. The molecule has 0 aliphatic carbocycles. The second kappa shape index (κ2) is 4.30. The van der Waals surface area contributed by atoms with E-state index in [2.05, 4.69) is 0 Å². The van der Waals surface area contributed by atoms with E-state index in [1.807, 2.05) is 26.0 Å². The largest absolute Gasteiger partial charge is 0.391 e. The van der Waals surface area contributed by atoms with E-state index in [0.717, 1.165) is 21.7 Å². The Bertz CT molecular complexity index is 313. The van der Waals surface area contributed by atoms with Crippen LogP contribution >= 0.6 is 11.6 Å². The fraction of sp³-hybridized carbons (Fsp3) is 0.455. The lowest BCUT2D eigenvalue weighted by atomic mass is 9.99. The van der Waals surface area contributed by atoms with Gasteiger partial charge in [-0.15, -0.1) is 0 Å². The molecule has 0 aliphatic heterocycles. The number of rotatable bonds is 2. The molecular formula is C11H16ClNO. The van der Waals surface area contributed by atoms with Crippen LogP contribution in [-0.4, -0.2) is 11.2 Å². The maximum absolute atomic E-state index is 9.37. The van der Waals surface area contributed by atoms with Crippen LogP contribution in [0.1, 0.15) is 29.7 Å². The molecule has 0 saturated carbocycles. The van der Waals surface area contributed by atoms with Crippen LogP contribution in [0.2, 0.25) is 5.02 Å². The average molecular weight is 214 g/mol. The first-order valence-electron chi connectivity index (χ1n) is 4.63. The van der Waals surface area contributed by atoms with Crippen molar-refractivity contribution in [3.05, 3.63) is 33.8 Å². The molecule has 0 fully saturated rings. The molecular weight excluding hydrogens is 198 g/mol. The summed E-state index contributed by atoms with van der Waals surface area (Å²) in [4.78, 5) is 0. The number of nitrogens with two attached hydrogens (primary N) is 1. The van der Waals surface area contributed by atoms with Crippen LogP contribution in [0.5, 0.6) is 0 Å². The molecule has 1 unspecified atom stereocenters. The fourth-order valence-electron chi connectivity index (χ4n) is 1.45. The third-order valence-electron chi connectivity index (χ3n) is 2.36. The standard InChI is InChI=1S/C11H16ClNO/c1-6-4-9(11(13)8(3)14)5-7(2)10(6)12/h4-5,8,11,14H,13H2,1-3H3/t8?,11-/m1/s1. The van der Waals surface area contributed by atoms with Crippen molar-refractivity contribution in [2.45, 2.75) is 32.9 Å². The van der Waals surface area contributed by atoms with Gasteiger partial charge < -0.3 is 10.8 Å². The first kappa shape index (κ1) is 11.5. The molecule has 1 rings (SSSR count). The lowest BCUT2D eigenvalue weighted by Gasteiger charge is -2.17. The van der Waals surface area contributed by atoms with Crippen molar-refractivity contribution < 1.29 is 5.11 Å². The van der Waals surface area contributed by atoms with Gasteiger partial charge >= 0.3 is 0 Å². The zero-order valence-electron chi connectivity index (χ0n) is 8.71. The Morgan fingerprint density at radius 2 is 1.71 bits per heavy atom. The van der Waals surface area contributed by atoms with Gasteiger partial charge in [-0.25, -0.2) is 0 Å². The Balaban J connectivity index is 3.12. The van der Waals surface area contributed by atoms with Crippen molar-refractivity contribution in [2.75, 3.05) is 0 Å². The van der Waals surface area contributed by atoms with Gasteiger partial charge in [-0.3, -0.25) is 0 Å². The summed E-state index contributed by atoms with van der Waals surface area (Å²) in [5.41, 5.74) is 8.76. The quantitative estimate of drug-likeness (QED) is 0.792. The molecule has 78 valence electrons. The molecule has 0 radical (unpaired) electrons. The molecule has 0 saturated heterocycles. The molecule has 0 amide bonds. The van der Waals surface area contributed by atoms with E-state index in [4.69, 9.17) is 17.3 Å². The van der Waals surface area contributed by atoms with Crippen LogP contribution in [0, 0.1) is 13.8 Å². The fourth-order valence-corrected chi connectivity index (χ4v) is 1.56. The summed E-state index contributed by atoms with van der Waals surface area (Å²) in [7, 11) is 0. The summed E-state index contributed by atoms with van der Waals surface area (Å²) in [5, 5.41) is 10.1. The molecule has 3 heteroatoms. The van der Waals surface area contributed by atoms with Gasteiger partial charge in [0.2, 0.25) is 0 Å². The highest BCUT2D eigenvalue weighted by Crippen LogP contribution is 2.25. The monoisotopic (exact) mass is 213 g/mol. The predicted octanol–water partition coefficient (Wildman–Crippen LogP) is 2.34. The zero-order chi connectivity index (χ0) is 10.9. The van der Waals surface area contributed by atoms with Gasteiger partial charge in [0.1, 0.15) is 0 Å². The first-order chi connectivity index (χ1) is 6.43. The van der Waals surface area contributed by atoms with Crippen molar-refractivity contribution in [2.24, 2.45) is 5.73 Å². The van der Waals surface area contributed by atoms with Gasteiger partial charge in [0, 0.05) is 5.02 Å². The molecule has 0 aliphatic rings. The highest BCUT2D eigenvalue weighted by atomic mass is 35.5. The molecule has 2 nitrogen and oxygen atoms in total. The number of aliphatic hydroxyl groups is 1. The molecule has 14 heavy (non-hydrogen) atoms. The van der Waals surface area contributed by atoms with Crippen LogP contribution in [-0.2, 0) is 0 Å². The van der Waals surface area contributed by atoms with Crippen LogP contribution in [0.15, 0.2) is 12.1 Å². The topological polar surface area (TPSA) is 46.2 Å². The number of hydrogen-bond donors (Lipinski definition) is 2. The van der Waals surface area contributed by atoms with Crippen LogP contribution < -0.4 is 5.73 Å². The highest BCUT2D eigenvalue weighted by Gasteiger charge is 2.13. The number of halogens is 1. The second-order valence-corrected chi connectivity index (χ2v) is 4.11. The lowest BCUT2D eigenvalue weighted by Crippen LogP contribution is -2.23. The van der Waals surface area contributed by atoms with Gasteiger partial charge in [-0.2, -0.15) is 0 Å². The summed E-state index contributed by atoms with van der Waals surface area (Å²) in [6.07, 6.45) is -0.546. The minimum absolute atomic E-state index is 0.343. The van der Waals surface area contributed by atoms with Gasteiger partial charge in [0.25, 0.3) is 0 Å². The smallest absolute Gasteiger partial charge is 0.0704 e. The highest BCUT2D eigenvalue weighted by molar-refractivity contribution is 6.32. The lowest BCUT2D eigenvalue weighted by molar-refractivity contribution is 0.164. The van der Waals surface area contributed by atoms with E-state index in [9.17, 15) is 5.11 Å². The molecule has 3 N–H and O–H groups in total. The number of benzene rings is 1. The summed E-state index contributed by atoms with van der Waals surface area (Å²) < 4.78 is 0. The van der Waals surface area contributed by atoms with Crippen molar-refractivity contribution in [1.82, 2.24) is 0 Å². The van der Waals surface area contributed by atoms with Crippen LogP contribution in [0.4, 0.5) is 0 Å². The van der Waals surface area contributed by atoms with E-state index in [1.165, 1.54) is 0 Å². The zero-order valence-corrected chi connectivity index (χ0v) is 9.47. The minimum Gasteiger partial charge on any atom is -0.391 e. The molecule has 0 bridgehead atoms. The third-order valence-corrected chi connectivity index (χ3v) is 2.96. The molecule has 2 atom stereocenters. The van der Waals surface area contributed by atoms with E-state index < -0.39 is 6.10 Å². The summed E-state index contributed by atoms with van der Waals surface area (Å²) in [5.74, 6) is 0. The Labute approximate surface area is 89.7 Å². The van der Waals surface area contributed by atoms with Crippen molar-refractivity contribution >= 4 is 11.6 Å².